The first-order chi connectivity index (χ1) is 27.6. The zero-order valence-corrected chi connectivity index (χ0v) is 38.9. The van der Waals surface area contributed by atoms with Gasteiger partial charge >= 0.3 is 8.60 Å². The summed E-state index contributed by atoms with van der Waals surface area (Å²) in [6.07, 6.45) is 20.5. The topological polar surface area (TPSA) is 47.9 Å². The molecule has 0 aliphatic carbocycles. The van der Waals surface area contributed by atoms with E-state index in [0.717, 1.165) is 46.8 Å². The first-order valence-electron chi connectivity index (χ1n) is 22.6. The Kier molecular flexibility index (Phi) is 18.5. The monoisotopic (exact) mass is 809 g/mol. The highest BCUT2D eigenvalue weighted by Crippen LogP contribution is 2.47. The number of rotatable bonds is 24. The Balaban J connectivity index is 1.55. The van der Waals surface area contributed by atoms with Gasteiger partial charge in [0, 0.05) is 11.0 Å². The number of benzene rings is 4. The van der Waals surface area contributed by atoms with Crippen LogP contribution in [0.15, 0.2) is 84.9 Å². The van der Waals surface area contributed by atoms with Crippen molar-refractivity contribution in [2.24, 2.45) is 0 Å². The van der Waals surface area contributed by atoms with Crippen molar-refractivity contribution < 1.29 is 18.7 Å². The summed E-state index contributed by atoms with van der Waals surface area (Å²) >= 11 is 0. The minimum atomic E-state index is -1.85. The van der Waals surface area contributed by atoms with Crippen molar-refractivity contribution in [3.63, 3.8) is 0 Å². The molecule has 0 amide bonds. The average molecular weight is 809 g/mol. The Labute approximate surface area is 355 Å². The van der Waals surface area contributed by atoms with Crippen LogP contribution < -0.4 is 13.6 Å². The molecule has 0 fully saturated rings. The predicted octanol–water partition coefficient (Wildman–Crippen LogP) is 16.7. The van der Waals surface area contributed by atoms with Gasteiger partial charge < -0.3 is 18.7 Å². The van der Waals surface area contributed by atoms with E-state index in [1.807, 2.05) is 12.1 Å². The summed E-state index contributed by atoms with van der Waals surface area (Å²) in [4.78, 5) is 0. The van der Waals surface area contributed by atoms with Crippen LogP contribution in [-0.4, -0.2) is 5.11 Å². The normalized spacial score (nSPS) is 12.3. The van der Waals surface area contributed by atoms with Crippen molar-refractivity contribution in [2.45, 2.75) is 188 Å². The molecule has 0 aliphatic heterocycles. The molecule has 0 bridgehead atoms. The van der Waals surface area contributed by atoms with E-state index in [0.29, 0.717) is 5.75 Å². The van der Waals surface area contributed by atoms with Crippen molar-refractivity contribution in [3.05, 3.63) is 118 Å². The van der Waals surface area contributed by atoms with Crippen LogP contribution >= 0.6 is 8.60 Å². The molecule has 0 spiro atoms. The molecular weight excluding hydrogens is 732 g/mol. The summed E-state index contributed by atoms with van der Waals surface area (Å²) in [7, 11) is -1.85. The zero-order valence-electron chi connectivity index (χ0n) is 38.0. The minimum absolute atomic E-state index is 0.177. The molecule has 58 heavy (non-hydrogen) atoms. The summed E-state index contributed by atoms with van der Waals surface area (Å²) in [5.74, 6) is 2.57. The zero-order chi connectivity index (χ0) is 42.2. The second-order valence-electron chi connectivity index (χ2n) is 19.1. The van der Waals surface area contributed by atoms with Crippen molar-refractivity contribution in [2.75, 3.05) is 0 Å². The maximum absolute atomic E-state index is 10.7. The fourth-order valence-corrected chi connectivity index (χ4v) is 8.61. The standard InChI is InChI=1S/C53H77O4P/c1-11-13-15-17-19-21-23-25-41-27-33-45(34-28-41)55-58(56-46-35-29-42(30-36-46)26-24-22-20-18-16-14-12-2)57-50-38-32-44(40-48(50)52(6,7)8)53(9,10)43-31-37-49(54)47(39-43)51(3,4)5/h27-40,54H,11-26H2,1-10H3. The number of hydrogen-bond donors (Lipinski definition) is 1. The third kappa shape index (κ3) is 15.0. The van der Waals surface area contributed by atoms with Crippen LogP contribution in [0.5, 0.6) is 23.0 Å². The molecule has 4 nitrogen and oxygen atoms in total. The summed E-state index contributed by atoms with van der Waals surface area (Å²) in [5.41, 5.74) is 6.32. The van der Waals surface area contributed by atoms with Crippen molar-refractivity contribution >= 4 is 8.60 Å². The number of phenolic OH excluding ortho intramolecular Hbond substituents is 1. The van der Waals surface area contributed by atoms with Gasteiger partial charge in [-0.15, -0.1) is 0 Å². The maximum Gasteiger partial charge on any atom is 0.530 e. The molecule has 0 radical (unpaired) electrons. The van der Waals surface area contributed by atoms with Gasteiger partial charge in [-0.25, -0.2) is 0 Å². The summed E-state index contributed by atoms with van der Waals surface area (Å²) < 4.78 is 20.0. The van der Waals surface area contributed by atoms with Gasteiger partial charge in [0.25, 0.3) is 0 Å². The molecule has 4 aromatic carbocycles. The molecule has 0 aromatic heterocycles. The second-order valence-corrected chi connectivity index (χ2v) is 20.1. The highest BCUT2D eigenvalue weighted by atomic mass is 31.2. The highest BCUT2D eigenvalue weighted by Gasteiger charge is 2.31. The smallest absolute Gasteiger partial charge is 0.508 e. The number of aromatic hydroxyl groups is 1. The molecule has 4 rings (SSSR count). The molecular formula is C53H77O4P. The first kappa shape index (κ1) is 47.2. The van der Waals surface area contributed by atoms with Gasteiger partial charge in [0.1, 0.15) is 23.0 Å². The number of phenols is 1. The van der Waals surface area contributed by atoms with Gasteiger partial charge in [-0.2, -0.15) is 0 Å². The Bertz CT molecular complexity index is 1720. The third-order valence-electron chi connectivity index (χ3n) is 11.6. The number of unbranched alkanes of at least 4 members (excludes halogenated alkanes) is 12. The van der Waals surface area contributed by atoms with E-state index in [1.165, 1.54) is 107 Å². The largest absolute Gasteiger partial charge is 0.530 e. The van der Waals surface area contributed by atoms with Gasteiger partial charge in [0.05, 0.1) is 0 Å². The number of hydrogen-bond acceptors (Lipinski definition) is 4. The van der Waals surface area contributed by atoms with Gasteiger partial charge in [0.2, 0.25) is 0 Å². The molecule has 0 heterocycles. The van der Waals surface area contributed by atoms with Crippen molar-refractivity contribution in [1.82, 2.24) is 0 Å². The van der Waals surface area contributed by atoms with E-state index in [9.17, 15) is 5.11 Å². The fourth-order valence-electron chi connectivity index (χ4n) is 7.59. The van der Waals surface area contributed by atoms with Crippen LogP contribution in [-0.2, 0) is 29.1 Å². The molecule has 1 N–H and O–H groups in total. The predicted molar refractivity (Wildman–Crippen MR) is 249 cm³/mol. The van der Waals surface area contributed by atoms with Gasteiger partial charge in [-0.3, -0.25) is 0 Å². The molecule has 0 unspecified atom stereocenters. The summed E-state index contributed by atoms with van der Waals surface area (Å²) in [5, 5.41) is 10.7. The molecule has 4 aromatic rings. The lowest BCUT2D eigenvalue weighted by Crippen LogP contribution is -2.22. The molecule has 0 saturated heterocycles. The minimum Gasteiger partial charge on any atom is -0.508 e. The quantitative estimate of drug-likeness (QED) is 0.0566. The van der Waals surface area contributed by atoms with Gasteiger partial charge in [-0.05, 0) is 101 Å². The van der Waals surface area contributed by atoms with E-state index < -0.39 is 8.60 Å². The third-order valence-corrected chi connectivity index (χ3v) is 12.6. The molecule has 5 heteroatoms. The Morgan fingerprint density at radius 2 is 0.845 bits per heavy atom. The van der Waals surface area contributed by atoms with Gasteiger partial charge in [-0.1, -0.05) is 195 Å². The molecule has 0 atom stereocenters. The van der Waals surface area contributed by atoms with E-state index in [4.69, 9.17) is 13.6 Å². The van der Waals surface area contributed by atoms with Gasteiger partial charge in [0.15, 0.2) is 0 Å². The van der Waals surface area contributed by atoms with Crippen molar-refractivity contribution in [1.29, 1.82) is 0 Å². The van der Waals surface area contributed by atoms with Crippen LogP contribution in [0.3, 0.4) is 0 Å². The lowest BCUT2D eigenvalue weighted by Gasteiger charge is -2.32. The Hall–Kier alpha value is -3.49. The van der Waals surface area contributed by atoms with Crippen LogP contribution in [0.1, 0.15) is 193 Å². The lowest BCUT2D eigenvalue weighted by atomic mass is 9.73. The van der Waals surface area contributed by atoms with E-state index in [-0.39, 0.29) is 16.2 Å². The van der Waals surface area contributed by atoms with Crippen LogP contribution in [0, 0.1) is 0 Å². The SMILES string of the molecule is CCCCCCCCCc1ccc(OP(Oc2ccc(CCCCCCCCC)cc2)Oc2ccc(C(C)(C)c3ccc(O)c(C(C)(C)C)c3)cc2C(C)(C)C)cc1. The Morgan fingerprint density at radius 1 is 0.448 bits per heavy atom. The summed E-state index contributed by atoms with van der Waals surface area (Å²) in [6.45, 7) is 22.1. The molecule has 318 valence electrons. The van der Waals surface area contributed by atoms with Crippen molar-refractivity contribution in [3.8, 4) is 23.0 Å². The maximum atomic E-state index is 10.7. The molecule has 0 aliphatic rings. The van der Waals surface area contributed by atoms with E-state index in [2.05, 4.69) is 142 Å². The lowest BCUT2D eigenvalue weighted by molar-refractivity contribution is 0.382. The highest BCUT2D eigenvalue weighted by molar-refractivity contribution is 7.43. The average Bonchev–Trinajstić information content (AvgIpc) is 3.17. The Morgan fingerprint density at radius 3 is 1.28 bits per heavy atom. The van der Waals surface area contributed by atoms with E-state index >= 15 is 0 Å². The van der Waals surface area contributed by atoms with Crippen LogP contribution in [0.2, 0.25) is 0 Å². The summed E-state index contributed by atoms with van der Waals surface area (Å²) in [6, 6.07) is 29.6. The first-order valence-corrected chi connectivity index (χ1v) is 23.7. The number of aryl methyl sites for hydroxylation is 2. The van der Waals surface area contributed by atoms with Crippen LogP contribution in [0.25, 0.3) is 0 Å². The fraction of sp³-hybridized carbons (Fsp3) is 0.547. The second kappa shape index (κ2) is 22.8. The van der Waals surface area contributed by atoms with Crippen LogP contribution in [0.4, 0.5) is 0 Å². The van der Waals surface area contributed by atoms with E-state index in [1.54, 1.807) is 0 Å². The molecule has 0 saturated carbocycles.